The van der Waals surface area contributed by atoms with Crippen LogP contribution in [0.2, 0.25) is 0 Å². The van der Waals surface area contributed by atoms with Crippen molar-refractivity contribution in [2.75, 3.05) is 6.61 Å². The van der Waals surface area contributed by atoms with E-state index < -0.39 is 0 Å². The lowest BCUT2D eigenvalue weighted by Crippen LogP contribution is -2.13. The summed E-state index contributed by atoms with van der Waals surface area (Å²) in [5.41, 5.74) is 2.87. The summed E-state index contributed by atoms with van der Waals surface area (Å²) < 4.78 is 5.96. The number of fused-ring (bicyclic) bond motifs is 1. The third kappa shape index (κ3) is 3.82. The molecule has 0 saturated carbocycles. The van der Waals surface area contributed by atoms with Gasteiger partial charge in [-0.3, -0.25) is 0 Å². The number of ether oxygens (including phenoxy) is 1. The molecular formula is C19H22OS. The minimum Gasteiger partial charge on any atom is -0.492 e. The van der Waals surface area contributed by atoms with Crippen molar-refractivity contribution in [2.45, 2.75) is 42.8 Å². The first kappa shape index (κ1) is 14.5. The molecule has 2 heteroatoms. The van der Waals surface area contributed by atoms with Gasteiger partial charge < -0.3 is 4.74 Å². The summed E-state index contributed by atoms with van der Waals surface area (Å²) in [7, 11) is 0. The van der Waals surface area contributed by atoms with Crippen LogP contribution in [0.15, 0.2) is 53.4 Å². The van der Waals surface area contributed by atoms with Gasteiger partial charge >= 0.3 is 0 Å². The van der Waals surface area contributed by atoms with Crippen molar-refractivity contribution in [1.29, 1.82) is 0 Å². The first-order chi connectivity index (χ1) is 10.3. The smallest absolute Gasteiger partial charge is 0.119 e. The molecular weight excluding hydrogens is 276 g/mol. The molecule has 0 aliphatic carbocycles. The molecule has 0 amide bonds. The number of aryl methyl sites for hydroxylation is 1. The quantitative estimate of drug-likeness (QED) is 0.731. The first-order valence-electron chi connectivity index (χ1n) is 7.81. The van der Waals surface area contributed by atoms with Gasteiger partial charge in [-0.25, -0.2) is 0 Å². The van der Waals surface area contributed by atoms with E-state index in [0.29, 0.717) is 5.25 Å². The lowest BCUT2D eigenvalue weighted by Gasteiger charge is -2.11. The fourth-order valence-corrected chi connectivity index (χ4v) is 3.89. The fraction of sp³-hybridized carbons (Fsp3) is 0.368. The van der Waals surface area contributed by atoms with Gasteiger partial charge in [-0.1, -0.05) is 43.7 Å². The second kappa shape index (κ2) is 7.04. The Hall–Kier alpha value is -1.41. The molecule has 0 spiro atoms. The Kier molecular flexibility index (Phi) is 4.87. The minimum atomic E-state index is 0.544. The number of benzene rings is 2. The lowest BCUT2D eigenvalue weighted by atomic mass is 10.1. The molecule has 0 aromatic heterocycles. The van der Waals surface area contributed by atoms with Gasteiger partial charge in [0.15, 0.2) is 0 Å². The topological polar surface area (TPSA) is 9.23 Å². The zero-order chi connectivity index (χ0) is 14.5. The summed E-state index contributed by atoms with van der Waals surface area (Å²) in [6.45, 7) is 3.02. The zero-order valence-electron chi connectivity index (χ0n) is 12.5. The molecule has 0 saturated heterocycles. The Bertz CT molecular complexity index is 551. The minimum absolute atomic E-state index is 0.544. The second-order valence-electron chi connectivity index (χ2n) is 5.61. The molecule has 0 fully saturated rings. The highest BCUT2D eigenvalue weighted by Gasteiger charge is 2.22. The van der Waals surface area contributed by atoms with Gasteiger partial charge in [-0.2, -0.15) is 0 Å². The SMILES string of the molecule is CCCCc1ccc(OCC2Cc3ccccc3S2)cc1. The first-order valence-corrected chi connectivity index (χ1v) is 8.69. The van der Waals surface area contributed by atoms with E-state index in [1.807, 2.05) is 11.8 Å². The maximum absolute atomic E-state index is 5.96. The summed E-state index contributed by atoms with van der Waals surface area (Å²) in [5.74, 6) is 0.992. The van der Waals surface area contributed by atoms with Crippen LogP contribution in [0.25, 0.3) is 0 Å². The van der Waals surface area contributed by atoms with Gasteiger partial charge in [-0.15, -0.1) is 11.8 Å². The van der Waals surface area contributed by atoms with Crippen molar-refractivity contribution in [3.63, 3.8) is 0 Å². The van der Waals surface area contributed by atoms with Gasteiger partial charge in [0.1, 0.15) is 12.4 Å². The van der Waals surface area contributed by atoms with Crippen LogP contribution in [0, 0.1) is 0 Å². The Labute approximate surface area is 131 Å². The Morgan fingerprint density at radius 3 is 2.67 bits per heavy atom. The molecule has 1 aliphatic heterocycles. The summed E-state index contributed by atoms with van der Waals surface area (Å²) in [5, 5.41) is 0.544. The Morgan fingerprint density at radius 1 is 1.10 bits per heavy atom. The van der Waals surface area contributed by atoms with E-state index in [0.717, 1.165) is 18.8 Å². The largest absolute Gasteiger partial charge is 0.492 e. The maximum atomic E-state index is 5.96. The van der Waals surface area contributed by atoms with Crippen LogP contribution < -0.4 is 4.74 Å². The highest BCUT2D eigenvalue weighted by atomic mass is 32.2. The monoisotopic (exact) mass is 298 g/mol. The molecule has 1 atom stereocenters. The normalized spacial score (nSPS) is 16.7. The van der Waals surface area contributed by atoms with Crippen LogP contribution in [0.4, 0.5) is 0 Å². The van der Waals surface area contributed by atoms with Crippen LogP contribution >= 0.6 is 11.8 Å². The molecule has 2 aromatic rings. The van der Waals surface area contributed by atoms with E-state index in [-0.39, 0.29) is 0 Å². The number of unbranched alkanes of at least 4 members (excludes halogenated alkanes) is 1. The summed E-state index contributed by atoms with van der Waals surface area (Å²) in [4.78, 5) is 1.42. The van der Waals surface area contributed by atoms with Gasteiger partial charge in [-0.05, 0) is 48.6 Å². The van der Waals surface area contributed by atoms with Crippen molar-refractivity contribution in [1.82, 2.24) is 0 Å². The number of hydrogen-bond acceptors (Lipinski definition) is 2. The van der Waals surface area contributed by atoms with Gasteiger partial charge in [0.2, 0.25) is 0 Å². The summed E-state index contributed by atoms with van der Waals surface area (Å²) in [6.07, 6.45) is 4.80. The fourth-order valence-electron chi connectivity index (χ4n) is 2.67. The molecule has 0 radical (unpaired) electrons. The highest BCUT2D eigenvalue weighted by molar-refractivity contribution is 8.00. The zero-order valence-corrected chi connectivity index (χ0v) is 13.4. The van der Waals surface area contributed by atoms with Crippen molar-refractivity contribution in [3.05, 3.63) is 59.7 Å². The molecule has 110 valence electrons. The van der Waals surface area contributed by atoms with Crippen molar-refractivity contribution >= 4 is 11.8 Å². The average Bonchev–Trinajstić information content (AvgIpc) is 2.95. The average molecular weight is 298 g/mol. The van der Waals surface area contributed by atoms with E-state index in [9.17, 15) is 0 Å². The molecule has 2 aromatic carbocycles. The second-order valence-corrected chi connectivity index (χ2v) is 6.95. The molecule has 21 heavy (non-hydrogen) atoms. The third-order valence-corrected chi connectivity index (χ3v) is 5.18. The van der Waals surface area contributed by atoms with E-state index in [2.05, 4.69) is 55.5 Å². The number of thioether (sulfide) groups is 1. The highest BCUT2D eigenvalue weighted by Crippen LogP contribution is 2.36. The van der Waals surface area contributed by atoms with E-state index in [1.54, 1.807) is 0 Å². The van der Waals surface area contributed by atoms with Gasteiger partial charge in [0.05, 0.1) is 0 Å². The summed E-state index contributed by atoms with van der Waals surface area (Å²) >= 11 is 1.94. The van der Waals surface area contributed by atoms with Gasteiger partial charge in [0, 0.05) is 10.1 Å². The predicted octanol–water partition coefficient (Wildman–Crippen LogP) is 5.13. The molecule has 1 nitrogen and oxygen atoms in total. The Morgan fingerprint density at radius 2 is 1.90 bits per heavy atom. The van der Waals surface area contributed by atoms with Crippen molar-refractivity contribution in [2.24, 2.45) is 0 Å². The van der Waals surface area contributed by atoms with Crippen LogP contribution in [-0.4, -0.2) is 11.9 Å². The molecule has 3 rings (SSSR count). The van der Waals surface area contributed by atoms with Crippen LogP contribution in [0.5, 0.6) is 5.75 Å². The molecule has 1 heterocycles. The molecule has 1 unspecified atom stereocenters. The number of rotatable bonds is 6. The molecule has 0 N–H and O–H groups in total. The third-order valence-electron chi connectivity index (χ3n) is 3.89. The van der Waals surface area contributed by atoms with E-state index in [4.69, 9.17) is 4.74 Å². The van der Waals surface area contributed by atoms with E-state index >= 15 is 0 Å². The number of hydrogen-bond donors (Lipinski definition) is 0. The van der Waals surface area contributed by atoms with Crippen molar-refractivity contribution in [3.8, 4) is 5.75 Å². The predicted molar refractivity (Wildman–Crippen MR) is 90.3 cm³/mol. The van der Waals surface area contributed by atoms with Crippen LogP contribution in [0.1, 0.15) is 30.9 Å². The molecule has 0 bridgehead atoms. The van der Waals surface area contributed by atoms with Gasteiger partial charge in [0.25, 0.3) is 0 Å². The molecule has 1 aliphatic rings. The summed E-state index contributed by atoms with van der Waals surface area (Å²) in [6, 6.07) is 17.3. The Balaban J connectivity index is 1.50. The maximum Gasteiger partial charge on any atom is 0.119 e. The lowest BCUT2D eigenvalue weighted by molar-refractivity contribution is 0.317. The van der Waals surface area contributed by atoms with E-state index in [1.165, 1.54) is 35.3 Å². The van der Waals surface area contributed by atoms with Crippen molar-refractivity contribution < 1.29 is 4.74 Å². The van der Waals surface area contributed by atoms with Crippen LogP contribution in [-0.2, 0) is 12.8 Å². The standard InChI is InChI=1S/C19H22OS/c1-2-3-6-15-9-11-17(12-10-15)20-14-18-13-16-7-4-5-8-19(16)21-18/h4-5,7-12,18H,2-3,6,13-14H2,1H3. The van der Waals surface area contributed by atoms with Crippen LogP contribution in [0.3, 0.4) is 0 Å².